The fourth-order valence-corrected chi connectivity index (χ4v) is 3.63. The van der Waals surface area contributed by atoms with E-state index in [9.17, 15) is 19.7 Å². The lowest BCUT2D eigenvalue weighted by atomic mass is 10.1. The van der Waals surface area contributed by atoms with Crippen molar-refractivity contribution in [2.24, 2.45) is 0 Å². The summed E-state index contributed by atoms with van der Waals surface area (Å²) in [7, 11) is 3.05. The van der Waals surface area contributed by atoms with Gasteiger partial charge < -0.3 is 14.8 Å². The number of carbonyl (C=O) groups is 2. The molecule has 0 bridgehead atoms. The van der Waals surface area contributed by atoms with Crippen LogP contribution in [0.25, 0.3) is 0 Å². The summed E-state index contributed by atoms with van der Waals surface area (Å²) in [6.45, 7) is 0. The number of ketones is 1. The van der Waals surface area contributed by atoms with Crippen molar-refractivity contribution in [1.82, 2.24) is 0 Å². The second-order valence-electron chi connectivity index (χ2n) is 6.57. The first-order valence-corrected chi connectivity index (χ1v) is 10.4. The Morgan fingerprint density at radius 1 is 0.938 bits per heavy atom. The molecule has 1 amide bonds. The van der Waals surface area contributed by atoms with Crippen molar-refractivity contribution in [3.63, 3.8) is 0 Å². The number of hydrogen-bond acceptors (Lipinski definition) is 7. The van der Waals surface area contributed by atoms with Crippen LogP contribution in [0.3, 0.4) is 0 Å². The second kappa shape index (κ2) is 10.5. The fourth-order valence-electron chi connectivity index (χ4n) is 2.84. The van der Waals surface area contributed by atoms with Gasteiger partial charge in [0.1, 0.15) is 0 Å². The van der Waals surface area contributed by atoms with Gasteiger partial charge in [-0.3, -0.25) is 19.7 Å². The first-order chi connectivity index (χ1) is 15.4. The molecule has 0 aliphatic carbocycles. The topological polar surface area (TPSA) is 108 Å². The molecular weight excluding hydrogens is 432 g/mol. The molecule has 0 aliphatic rings. The van der Waals surface area contributed by atoms with Crippen molar-refractivity contribution in [3.8, 4) is 11.5 Å². The Labute approximate surface area is 188 Å². The summed E-state index contributed by atoms with van der Waals surface area (Å²) >= 11 is 1.37. The van der Waals surface area contributed by atoms with Crippen LogP contribution < -0.4 is 14.8 Å². The number of thioether (sulfide) groups is 1. The molecule has 8 nitrogen and oxygen atoms in total. The molecule has 3 aromatic rings. The minimum absolute atomic E-state index is 0.0565. The van der Waals surface area contributed by atoms with Gasteiger partial charge in [0.15, 0.2) is 17.3 Å². The van der Waals surface area contributed by atoms with Gasteiger partial charge in [-0.25, -0.2) is 0 Å². The molecule has 9 heteroatoms. The van der Waals surface area contributed by atoms with Crippen LogP contribution in [0.1, 0.15) is 20.7 Å². The number of nitrogens with zero attached hydrogens (tertiary/aromatic N) is 1. The quantitative estimate of drug-likeness (QED) is 0.214. The Kier molecular flexibility index (Phi) is 7.45. The lowest BCUT2D eigenvalue weighted by Crippen LogP contribution is -2.12. The summed E-state index contributed by atoms with van der Waals surface area (Å²) in [6, 6.07) is 17.5. The van der Waals surface area contributed by atoms with Gasteiger partial charge >= 0.3 is 0 Å². The van der Waals surface area contributed by atoms with E-state index in [2.05, 4.69) is 5.32 Å². The van der Waals surface area contributed by atoms with Crippen LogP contribution in [0.15, 0.2) is 71.6 Å². The molecule has 0 saturated heterocycles. The van der Waals surface area contributed by atoms with Crippen LogP contribution in [0.5, 0.6) is 11.5 Å². The van der Waals surface area contributed by atoms with E-state index in [1.165, 1.54) is 50.2 Å². The Morgan fingerprint density at radius 3 is 2.31 bits per heavy atom. The molecular formula is C23H20N2O6S. The summed E-state index contributed by atoms with van der Waals surface area (Å²) in [5.74, 6) is 0.776. The summed E-state index contributed by atoms with van der Waals surface area (Å²) in [4.78, 5) is 36.0. The van der Waals surface area contributed by atoms with Gasteiger partial charge in [0, 0.05) is 33.8 Å². The molecule has 3 rings (SSSR count). The highest BCUT2D eigenvalue weighted by Crippen LogP contribution is 2.29. The van der Waals surface area contributed by atoms with E-state index < -0.39 is 10.8 Å². The number of rotatable bonds is 9. The smallest absolute Gasteiger partial charge is 0.270 e. The molecule has 0 unspecified atom stereocenters. The number of amides is 1. The molecule has 0 spiro atoms. The second-order valence-corrected chi connectivity index (χ2v) is 7.62. The third-order valence-corrected chi connectivity index (χ3v) is 5.52. The third kappa shape index (κ3) is 5.64. The zero-order valence-corrected chi connectivity index (χ0v) is 18.2. The number of nitrogens with one attached hydrogen (secondary N) is 1. The summed E-state index contributed by atoms with van der Waals surface area (Å²) in [5, 5.41) is 13.6. The average Bonchev–Trinajstić information content (AvgIpc) is 2.82. The van der Waals surface area contributed by atoms with Crippen LogP contribution >= 0.6 is 11.8 Å². The standard InChI is InChI=1S/C23H20N2O6S/c1-30-21-11-6-15(13-22(21)31-2)20(26)14-32-19-9-7-17(8-10-19)24-23(27)16-4-3-5-18(12-16)25(28)29/h3-13H,14H2,1-2H3,(H,24,27). The van der Waals surface area contributed by atoms with Crippen molar-refractivity contribution in [2.75, 3.05) is 25.3 Å². The summed E-state index contributed by atoms with van der Waals surface area (Å²) < 4.78 is 10.4. The molecule has 0 fully saturated rings. The van der Waals surface area contributed by atoms with Crippen LogP contribution in [0.2, 0.25) is 0 Å². The summed E-state index contributed by atoms with van der Waals surface area (Å²) in [5.41, 5.74) is 1.11. The van der Waals surface area contributed by atoms with E-state index in [4.69, 9.17) is 9.47 Å². The van der Waals surface area contributed by atoms with Gasteiger partial charge in [0.2, 0.25) is 0 Å². The lowest BCUT2D eigenvalue weighted by Gasteiger charge is -2.09. The van der Waals surface area contributed by atoms with Crippen molar-refractivity contribution in [2.45, 2.75) is 4.90 Å². The molecule has 0 heterocycles. The minimum atomic E-state index is -0.549. The van der Waals surface area contributed by atoms with Crippen LogP contribution in [0.4, 0.5) is 11.4 Å². The first-order valence-electron chi connectivity index (χ1n) is 9.45. The molecule has 0 aliphatic heterocycles. The maximum absolute atomic E-state index is 12.5. The maximum Gasteiger partial charge on any atom is 0.270 e. The van der Waals surface area contributed by atoms with Gasteiger partial charge in [0.25, 0.3) is 11.6 Å². The van der Waals surface area contributed by atoms with Crippen LogP contribution in [-0.4, -0.2) is 36.6 Å². The molecule has 0 aromatic heterocycles. The molecule has 1 N–H and O–H groups in total. The zero-order valence-electron chi connectivity index (χ0n) is 17.4. The SMILES string of the molecule is COc1ccc(C(=O)CSc2ccc(NC(=O)c3cccc([N+](=O)[O-])c3)cc2)cc1OC. The van der Waals surface area contributed by atoms with E-state index in [-0.39, 0.29) is 22.8 Å². The normalized spacial score (nSPS) is 10.3. The Hall–Kier alpha value is -3.85. The minimum Gasteiger partial charge on any atom is -0.493 e. The number of anilines is 1. The molecule has 0 atom stereocenters. The number of nitro benzene ring substituents is 1. The van der Waals surface area contributed by atoms with E-state index >= 15 is 0 Å². The van der Waals surface area contributed by atoms with Gasteiger partial charge in [-0.2, -0.15) is 0 Å². The van der Waals surface area contributed by atoms with Gasteiger partial charge in [-0.15, -0.1) is 11.8 Å². The van der Waals surface area contributed by atoms with Crippen LogP contribution in [0, 0.1) is 10.1 Å². The highest BCUT2D eigenvalue weighted by Gasteiger charge is 2.13. The van der Waals surface area contributed by atoms with Gasteiger partial charge in [-0.05, 0) is 48.5 Å². The monoisotopic (exact) mass is 452 g/mol. The Balaban J connectivity index is 1.59. The van der Waals surface area contributed by atoms with E-state index in [1.807, 2.05) is 0 Å². The number of Topliss-reactive ketones (excluding diaryl/α,β-unsaturated/α-hetero) is 1. The zero-order chi connectivity index (χ0) is 23.1. The van der Waals surface area contributed by atoms with Crippen molar-refractivity contribution >= 4 is 34.8 Å². The molecule has 32 heavy (non-hydrogen) atoms. The first kappa shape index (κ1) is 22.8. The molecule has 0 radical (unpaired) electrons. The highest BCUT2D eigenvalue weighted by atomic mass is 32.2. The average molecular weight is 452 g/mol. The number of hydrogen-bond donors (Lipinski definition) is 1. The van der Waals surface area contributed by atoms with E-state index in [0.29, 0.717) is 22.7 Å². The number of methoxy groups -OCH3 is 2. The number of carbonyl (C=O) groups excluding carboxylic acids is 2. The highest BCUT2D eigenvalue weighted by molar-refractivity contribution is 8.00. The summed E-state index contributed by atoms with van der Waals surface area (Å²) in [6.07, 6.45) is 0. The van der Waals surface area contributed by atoms with Crippen molar-refractivity contribution in [3.05, 3.63) is 88.0 Å². The fraction of sp³-hybridized carbons (Fsp3) is 0.130. The largest absolute Gasteiger partial charge is 0.493 e. The van der Waals surface area contributed by atoms with Gasteiger partial charge in [0.05, 0.1) is 24.9 Å². The molecule has 0 saturated carbocycles. The third-order valence-electron chi connectivity index (χ3n) is 4.51. The molecule has 3 aromatic carbocycles. The number of non-ortho nitro benzene ring substituents is 1. The molecule has 164 valence electrons. The predicted molar refractivity (Wildman–Crippen MR) is 122 cm³/mol. The predicted octanol–water partition coefficient (Wildman–Crippen LogP) is 4.84. The van der Waals surface area contributed by atoms with Gasteiger partial charge in [-0.1, -0.05) is 6.07 Å². The maximum atomic E-state index is 12.5. The van der Waals surface area contributed by atoms with Crippen molar-refractivity contribution < 1.29 is 24.0 Å². The number of benzene rings is 3. The lowest BCUT2D eigenvalue weighted by molar-refractivity contribution is -0.384. The number of ether oxygens (including phenoxy) is 2. The van der Waals surface area contributed by atoms with Crippen LogP contribution in [-0.2, 0) is 0 Å². The van der Waals surface area contributed by atoms with E-state index in [1.54, 1.807) is 42.5 Å². The Morgan fingerprint density at radius 2 is 1.66 bits per heavy atom. The Bertz CT molecular complexity index is 1150. The van der Waals surface area contributed by atoms with Crippen molar-refractivity contribution in [1.29, 1.82) is 0 Å². The number of nitro groups is 1. The van der Waals surface area contributed by atoms with E-state index in [0.717, 1.165) is 4.90 Å².